The fourth-order valence-electron chi connectivity index (χ4n) is 2.74. The Labute approximate surface area is 171 Å². The number of ether oxygens (including phenoxy) is 3. The van der Waals surface area contributed by atoms with Gasteiger partial charge in [-0.25, -0.2) is 13.9 Å². The van der Waals surface area contributed by atoms with Gasteiger partial charge in [0.05, 0.1) is 19.8 Å². The Morgan fingerprint density at radius 2 is 2.07 bits per heavy atom. The van der Waals surface area contributed by atoms with Crippen LogP contribution in [0.2, 0.25) is 0 Å². The Morgan fingerprint density at radius 1 is 1.30 bits per heavy atom. The van der Waals surface area contributed by atoms with Gasteiger partial charge in [0.15, 0.2) is 5.69 Å². The van der Waals surface area contributed by atoms with Crippen molar-refractivity contribution >= 4 is 17.5 Å². The molecule has 10 heteroatoms. The number of carbonyl (C=O) groups is 1. The number of benzene rings is 1. The van der Waals surface area contributed by atoms with Gasteiger partial charge in [-0.05, 0) is 38.1 Å². The molecule has 0 unspecified atom stereocenters. The summed E-state index contributed by atoms with van der Waals surface area (Å²) in [5.74, 6) is 0.0984. The largest absolute Gasteiger partial charge is 0.469 e. The van der Waals surface area contributed by atoms with E-state index in [1.54, 1.807) is 38.2 Å². The molecular weight excluding hydrogens is 393 g/mol. The molecule has 0 amide bonds. The van der Waals surface area contributed by atoms with Gasteiger partial charge in [0.2, 0.25) is 5.88 Å². The first-order chi connectivity index (χ1) is 14.5. The van der Waals surface area contributed by atoms with Crippen LogP contribution < -0.4 is 10.1 Å². The summed E-state index contributed by atoms with van der Waals surface area (Å²) in [6.07, 6.45) is 1.54. The third kappa shape index (κ3) is 4.38. The molecule has 1 saturated heterocycles. The number of esters is 1. The van der Waals surface area contributed by atoms with E-state index in [9.17, 15) is 9.18 Å². The van der Waals surface area contributed by atoms with Crippen molar-refractivity contribution in [3.05, 3.63) is 53.6 Å². The third-order valence-electron chi connectivity index (χ3n) is 4.27. The molecule has 1 aromatic carbocycles. The molecule has 0 aliphatic carbocycles. The summed E-state index contributed by atoms with van der Waals surface area (Å²) in [6, 6.07) is 7.50. The molecule has 0 bridgehead atoms. The summed E-state index contributed by atoms with van der Waals surface area (Å²) in [6.45, 7) is 4.69. The van der Waals surface area contributed by atoms with Crippen LogP contribution in [-0.4, -0.2) is 51.6 Å². The highest BCUT2D eigenvalue weighted by molar-refractivity contribution is 5.88. The monoisotopic (exact) mass is 413 g/mol. The van der Waals surface area contributed by atoms with E-state index in [1.807, 2.05) is 0 Å². The first-order valence-electron chi connectivity index (χ1n) is 9.41. The Kier molecular flexibility index (Phi) is 5.57. The maximum atomic E-state index is 13.2. The van der Waals surface area contributed by atoms with E-state index in [4.69, 9.17) is 14.2 Å². The fraction of sp³-hybridized carbons (Fsp3) is 0.300. The summed E-state index contributed by atoms with van der Waals surface area (Å²) in [5, 5.41) is 7.37. The van der Waals surface area contributed by atoms with Gasteiger partial charge in [-0.15, -0.1) is 0 Å². The smallest absolute Gasteiger partial charge is 0.359 e. The molecule has 3 heterocycles. The molecule has 0 spiro atoms. The van der Waals surface area contributed by atoms with Crippen LogP contribution in [0.25, 0.3) is 5.95 Å². The van der Waals surface area contributed by atoms with Crippen molar-refractivity contribution in [1.82, 2.24) is 19.7 Å². The van der Waals surface area contributed by atoms with Crippen LogP contribution >= 0.6 is 0 Å². The Bertz CT molecular complexity index is 1050. The van der Waals surface area contributed by atoms with Crippen molar-refractivity contribution in [2.24, 2.45) is 0 Å². The standard InChI is InChI=1S/C20H20FN5O4/c1-3-29-19(27)18-12(2)9-26(25-18)20-23-16(22-14-6-4-13(21)5-7-14)8-17(24-20)30-15-10-28-11-15/h4-9,15H,3,10-11H2,1-2H3,(H,22,23,24). The molecule has 0 saturated carbocycles. The van der Waals surface area contributed by atoms with Crippen molar-refractivity contribution in [2.45, 2.75) is 20.0 Å². The highest BCUT2D eigenvalue weighted by atomic mass is 19.1. The van der Waals surface area contributed by atoms with E-state index in [-0.39, 0.29) is 30.2 Å². The molecule has 0 radical (unpaired) electrons. The number of anilines is 2. The minimum Gasteiger partial charge on any atom is -0.469 e. The number of halogens is 1. The molecule has 4 rings (SSSR count). The van der Waals surface area contributed by atoms with Gasteiger partial charge in [0.25, 0.3) is 5.95 Å². The van der Waals surface area contributed by atoms with Gasteiger partial charge in [0.1, 0.15) is 17.7 Å². The zero-order chi connectivity index (χ0) is 21.1. The van der Waals surface area contributed by atoms with E-state index >= 15 is 0 Å². The van der Waals surface area contributed by atoms with Gasteiger partial charge in [0, 0.05) is 23.5 Å². The Hall–Kier alpha value is -3.53. The maximum absolute atomic E-state index is 13.2. The normalized spacial score (nSPS) is 13.6. The zero-order valence-corrected chi connectivity index (χ0v) is 16.5. The van der Waals surface area contributed by atoms with Gasteiger partial charge >= 0.3 is 5.97 Å². The van der Waals surface area contributed by atoms with E-state index in [1.165, 1.54) is 16.8 Å². The predicted molar refractivity (Wildman–Crippen MR) is 105 cm³/mol. The van der Waals surface area contributed by atoms with Crippen molar-refractivity contribution < 1.29 is 23.4 Å². The van der Waals surface area contributed by atoms with Crippen LogP contribution in [0.5, 0.6) is 5.88 Å². The average molecular weight is 413 g/mol. The maximum Gasteiger partial charge on any atom is 0.359 e. The number of nitrogens with one attached hydrogen (secondary N) is 1. The minimum atomic E-state index is -0.516. The molecule has 1 fully saturated rings. The minimum absolute atomic E-state index is 0.0964. The molecule has 0 atom stereocenters. The Balaban J connectivity index is 1.67. The number of aromatic nitrogens is 4. The van der Waals surface area contributed by atoms with Crippen LogP contribution in [0.3, 0.4) is 0 Å². The summed E-state index contributed by atoms with van der Waals surface area (Å²) < 4.78 is 30.6. The summed E-state index contributed by atoms with van der Waals surface area (Å²) in [4.78, 5) is 20.9. The summed E-state index contributed by atoms with van der Waals surface area (Å²) >= 11 is 0. The van der Waals surface area contributed by atoms with Crippen molar-refractivity contribution in [3.8, 4) is 11.8 Å². The average Bonchev–Trinajstić information content (AvgIpc) is 3.09. The second-order valence-corrected chi connectivity index (χ2v) is 6.63. The number of carbonyl (C=O) groups excluding carboxylic acids is 1. The SMILES string of the molecule is CCOC(=O)c1nn(-c2nc(Nc3ccc(F)cc3)cc(OC3COC3)n2)cc1C. The van der Waals surface area contributed by atoms with Gasteiger partial charge in [-0.3, -0.25) is 0 Å². The number of hydrogen-bond acceptors (Lipinski definition) is 8. The van der Waals surface area contributed by atoms with Gasteiger partial charge in [-0.1, -0.05) is 0 Å². The van der Waals surface area contributed by atoms with Gasteiger partial charge < -0.3 is 19.5 Å². The van der Waals surface area contributed by atoms with Crippen LogP contribution in [0.1, 0.15) is 23.0 Å². The summed E-state index contributed by atoms with van der Waals surface area (Å²) in [5.41, 5.74) is 1.46. The van der Waals surface area contributed by atoms with Crippen molar-refractivity contribution in [3.63, 3.8) is 0 Å². The van der Waals surface area contributed by atoms with E-state index in [2.05, 4.69) is 20.4 Å². The predicted octanol–water partition coefficient (Wildman–Crippen LogP) is 2.81. The number of nitrogens with zero attached hydrogens (tertiary/aromatic N) is 4. The zero-order valence-electron chi connectivity index (χ0n) is 16.5. The molecule has 9 nitrogen and oxygen atoms in total. The fourth-order valence-corrected chi connectivity index (χ4v) is 2.74. The molecular formula is C20H20FN5O4. The lowest BCUT2D eigenvalue weighted by molar-refractivity contribution is -0.0813. The topological polar surface area (TPSA) is 100 Å². The van der Waals surface area contributed by atoms with Crippen LogP contribution in [0, 0.1) is 12.7 Å². The van der Waals surface area contributed by atoms with E-state index in [0.29, 0.717) is 36.2 Å². The van der Waals surface area contributed by atoms with Crippen LogP contribution in [0.4, 0.5) is 15.9 Å². The summed E-state index contributed by atoms with van der Waals surface area (Å²) in [7, 11) is 0. The third-order valence-corrected chi connectivity index (χ3v) is 4.27. The van der Waals surface area contributed by atoms with Crippen LogP contribution in [-0.2, 0) is 9.47 Å². The lowest BCUT2D eigenvalue weighted by Gasteiger charge is -2.26. The molecule has 156 valence electrons. The first kappa shape index (κ1) is 19.8. The van der Waals surface area contributed by atoms with Crippen molar-refractivity contribution in [2.75, 3.05) is 25.1 Å². The number of rotatable bonds is 7. The highest BCUT2D eigenvalue weighted by Crippen LogP contribution is 2.23. The second kappa shape index (κ2) is 8.46. The number of aryl methyl sites for hydroxylation is 1. The molecule has 3 aromatic rings. The molecule has 2 aromatic heterocycles. The molecule has 1 aliphatic heterocycles. The lowest BCUT2D eigenvalue weighted by atomic mass is 10.3. The van der Waals surface area contributed by atoms with Crippen LogP contribution in [0.15, 0.2) is 36.5 Å². The van der Waals surface area contributed by atoms with Gasteiger partial charge in [-0.2, -0.15) is 15.1 Å². The van der Waals surface area contributed by atoms with Crippen molar-refractivity contribution in [1.29, 1.82) is 0 Å². The molecule has 1 aliphatic rings. The molecule has 1 N–H and O–H groups in total. The highest BCUT2D eigenvalue weighted by Gasteiger charge is 2.22. The number of hydrogen-bond donors (Lipinski definition) is 1. The lowest BCUT2D eigenvalue weighted by Crippen LogP contribution is -2.38. The second-order valence-electron chi connectivity index (χ2n) is 6.63. The Morgan fingerprint density at radius 3 is 2.73 bits per heavy atom. The molecule has 30 heavy (non-hydrogen) atoms. The quantitative estimate of drug-likeness (QED) is 0.590. The first-order valence-corrected chi connectivity index (χ1v) is 9.41. The van der Waals surface area contributed by atoms with E-state index < -0.39 is 5.97 Å². The van der Waals surface area contributed by atoms with E-state index in [0.717, 1.165) is 0 Å².